The first-order chi connectivity index (χ1) is 12.8. The summed E-state index contributed by atoms with van der Waals surface area (Å²) in [4.78, 5) is 25.5. The molecule has 1 unspecified atom stereocenters. The van der Waals surface area contributed by atoms with Gasteiger partial charge in [0, 0.05) is 15.9 Å². The fraction of sp³-hybridized carbons (Fsp3) is 0.400. The van der Waals surface area contributed by atoms with E-state index in [2.05, 4.69) is 21.2 Å². The van der Waals surface area contributed by atoms with Crippen molar-refractivity contribution in [2.24, 2.45) is 0 Å². The molecule has 7 heteroatoms. The topological polar surface area (TPSA) is 84.9 Å². The molecule has 1 aromatic carbocycles. The van der Waals surface area contributed by atoms with Crippen molar-refractivity contribution in [3.8, 4) is 0 Å². The average Bonchev–Trinajstić information content (AvgIpc) is 2.58. The molecule has 0 aliphatic carbocycles. The largest absolute Gasteiger partial charge is 0.460 e. The highest BCUT2D eigenvalue weighted by Crippen LogP contribution is 2.40. The standard InChI is InChI=1S/C20H24BrNO5/c1-11(2)27-20(25)17-13(4)22-12(3)16(19(24)26-9-8-23)18(17)14-6-5-7-15(21)10-14/h5-7,10-11,18,22-23H,8-9H2,1-4H3. The number of aliphatic hydroxyl groups excluding tert-OH is 1. The van der Waals surface area contributed by atoms with Crippen LogP contribution in [0.5, 0.6) is 0 Å². The number of allylic oxidation sites excluding steroid dienone is 2. The molecular weight excluding hydrogens is 414 g/mol. The zero-order valence-electron chi connectivity index (χ0n) is 15.8. The van der Waals surface area contributed by atoms with E-state index in [1.54, 1.807) is 27.7 Å². The molecule has 2 N–H and O–H groups in total. The molecule has 2 rings (SSSR count). The van der Waals surface area contributed by atoms with E-state index >= 15 is 0 Å². The van der Waals surface area contributed by atoms with Crippen LogP contribution in [0.4, 0.5) is 0 Å². The van der Waals surface area contributed by atoms with Gasteiger partial charge in [-0.15, -0.1) is 0 Å². The van der Waals surface area contributed by atoms with Gasteiger partial charge in [-0.05, 0) is 45.4 Å². The molecule has 0 saturated heterocycles. The minimum atomic E-state index is -0.638. The second-order valence-corrected chi connectivity index (χ2v) is 7.42. The Kier molecular flexibility index (Phi) is 7.21. The minimum absolute atomic E-state index is 0.116. The van der Waals surface area contributed by atoms with Gasteiger partial charge in [-0.2, -0.15) is 0 Å². The summed E-state index contributed by atoms with van der Waals surface area (Å²) in [5.74, 6) is -1.71. The van der Waals surface area contributed by atoms with Gasteiger partial charge in [-0.25, -0.2) is 9.59 Å². The highest BCUT2D eigenvalue weighted by atomic mass is 79.9. The minimum Gasteiger partial charge on any atom is -0.460 e. The van der Waals surface area contributed by atoms with Crippen LogP contribution in [-0.2, 0) is 19.1 Å². The molecule has 0 amide bonds. The van der Waals surface area contributed by atoms with Crippen molar-refractivity contribution in [2.45, 2.75) is 39.7 Å². The first kappa shape index (κ1) is 21.2. The number of rotatable bonds is 6. The highest BCUT2D eigenvalue weighted by molar-refractivity contribution is 9.10. The Hall–Kier alpha value is -2.12. The zero-order valence-corrected chi connectivity index (χ0v) is 17.4. The molecule has 1 aromatic rings. The van der Waals surface area contributed by atoms with Crippen molar-refractivity contribution in [1.82, 2.24) is 5.32 Å². The Balaban J connectivity index is 2.59. The number of dihydropyridines is 1. The Morgan fingerprint density at radius 2 is 1.81 bits per heavy atom. The van der Waals surface area contributed by atoms with Gasteiger partial charge in [0.2, 0.25) is 0 Å². The maximum absolute atomic E-state index is 12.8. The van der Waals surface area contributed by atoms with E-state index < -0.39 is 17.9 Å². The van der Waals surface area contributed by atoms with Gasteiger partial charge in [-0.3, -0.25) is 0 Å². The molecule has 0 fully saturated rings. The second-order valence-electron chi connectivity index (χ2n) is 6.50. The maximum atomic E-state index is 12.8. The fourth-order valence-electron chi connectivity index (χ4n) is 3.05. The number of carbonyl (C=O) groups excluding carboxylic acids is 2. The number of esters is 2. The van der Waals surface area contributed by atoms with Crippen LogP contribution in [0.2, 0.25) is 0 Å². The lowest BCUT2D eigenvalue weighted by atomic mass is 9.80. The molecule has 0 bridgehead atoms. The van der Waals surface area contributed by atoms with Crippen molar-refractivity contribution < 1.29 is 24.2 Å². The number of benzene rings is 1. The molecule has 1 aliphatic heterocycles. The average molecular weight is 438 g/mol. The van der Waals surface area contributed by atoms with Crippen molar-refractivity contribution in [1.29, 1.82) is 0 Å². The lowest BCUT2D eigenvalue weighted by Gasteiger charge is -2.31. The van der Waals surface area contributed by atoms with Crippen molar-refractivity contribution in [3.63, 3.8) is 0 Å². The lowest BCUT2D eigenvalue weighted by molar-refractivity contribution is -0.143. The molecule has 0 saturated carbocycles. The van der Waals surface area contributed by atoms with Gasteiger partial charge < -0.3 is 19.9 Å². The summed E-state index contributed by atoms with van der Waals surface area (Å²) < 4.78 is 11.4. The quantitative estimate of drug-likeness (QED) is 0.664. The number of hydrogen-bond acceptors (Lipinski definition) is 6. The smallest absolute Gasteiger partial charge is 0.337 e. The lowest BCUT2D eigenvalue weighted by Crippen LogP contribution is -2.33. The third kappa shape index (κ3) is 4.99. The summed E-state index contributed by atoms with van der Waals surface area (Å²) >= 11 is 3.44. The van der Waals surface area contributed by atoms with Crippen LogP contribution >= 0.6 is 15.9 Å². The van der Waals surface area contributed by atoms with E-state index in [0.717, 1.165) is 10.0 Å². The highest BCUT2D eigenvalue weighted by Gasteiger charge is 2.38. The predicted molar refractivity (Wildman–Crippen MR) is 105 cm³/mol. The monoisotopic (exact) mass is 437 g/mol. The summed E-state index contributed by atoms with van der Waals surface area (Å²) in [7, 11) is 0. The SMILES string of the molecule is CC1=C(C(=O)OCCO)C(c2cccc(Br)c2)C(C(=O)OC(C)C)=C(C)N1. The van der Waals surface area contributed by atoms with Gasteiger partial charge >= 0.3 is 11.9 Å². The number of aliphatic hydroxyl groups is 1. The van der Waals surface area contributed by atoms with Gasteiger partial charge in [0.1, 0.15) is 6.61 Å². The van der Waals surface area contributed by atoms with E-state index in [1.807, 2.05) is 24.3 Å². The Labute approximate surface area is 167 Å². The van der Waals surface area contributed by atoms with Crippen LogP contribution in [0.15, 0.2) is 51.3 Å². The van der Waals surface area contributed by atoms with E-state index in [-0.39, 0.29) is 19.3 Å². The van der Waals surface area contributed by atoms with E-state index in [4.69, 9.17) is 14.6 Å². The van der Waals surface area contributed by atoms with Crippen LogP contribution in [0, 0.1) is 0 Å². The molecule has 1 atom stereocenters. The Morgan fingerprint density at radius 3 is 2.37 bits per heavy atom. The summed E-state index contributed by atoms with van der Waals surface area (Å²) in [5.41, 5.74) is 2.67. The molecule has 0 radical (unpaired) electrons. The summed E-state index contributed by atoms with van der Waals surface area (Å²) in [6, 6.07) is 7.42. The van der Waals surface area contributed by atoms with Crippen LogP contribution in [0.1, 0.15) is 39.2 Å². The van der Waals surface area contributed by atoms with Crippen molar-refractivity contribution >= 4 is 27.9 Å². The van der Waals surface area contributed by atoms with Crippen LogP contribution in [0.3, 0.4) is 0 Å². The molecule has 0 spiro atoms. The molecule has 0 aromatic heterocycles. The fourth-order valence-corrected chi connectivity index (χ4v) is 3.47. The first-order valence-corrected chi connectivity index (χ1v) is 9.48. The predicted octanol–water partition coefficient (Wildman–Crippen LogP) is 3.17. The summed E-state index contributed by atoms with van der Waals surface area (Å²) in [6.45, 7) is 6.70. The van der Waals surface area contributed by atoms with Crippen molar-refractivity contribution in [2.75, 3.05) is 13.2 Å². The molecular formula is C20H24BrNO5. The van der Waals surface area contributed by atoms with Crippen LogP contribution < -0.4 is 5.32 Å². The van der Waals surface area contributed by atoms with E-state index in [9.17, 15) is 9.59 Å². The van der Waals surface area contributed by atoms with Gasteiger partial charge in [0.25, 0.3) is 0 Å². The molecule has 146 valence electrons. The van der Waals surface area contributed by atoms with Crippen molar-refractivity contribution in [3.05, 3.63) is 56.8 Å². The molecule has 6 nitrogen and oxygen atoms in total. The van der Waals surface area contributed by atoms with E-state index in [0.29, 0.717) is 22.5 Å². The zero-order chi connectivity index (χ0) is 20.1. The third-order valence-corrected chi connectivity index (χ3v) is 4.54. The number of hydrogen-bond donors (Lipinski definition) is 2. The Morgan fingerprint density at radius 1 is 1.19 bits per heavy atom. The molecule has 1 heterocycles. The second kappa shape index (κ2) is 9.19. The summed E-state index contributed by atoms with van der Waals surface area (Å²) in [6.07, 6.45) is -0.294. The van der Waals surface area contributed by atoms with Crippen LogP contribution in [-0.4, -0.2) is 36.4 Å². The first-order valence-electron chi connectivity index (χ1n) is 8.69. The summed E-state index contributed by atoms with van der Waals surface area (Å²) in [5, 5.41) is 12.1. The Bertz CT molecular complexity index is 797. The normalized spacial score (nSPS) is 17.1. The third-order valence-electron chi connectivity index (χ3n) is 4.05. The number of halogens is 1. The number of carbonyl (C=O) groups is 2. The molecule has 1 aliphatic rings. The van der Waals surface area contributed by atoms with E-state index in [1.165, 1.54) is 0 Å². The number of nitrogens with one attached hydrogen (secondary N) is 1. The van der Waals surface area contributed by atoms with Gasteiger partial charge in [0.05, 0.1) is 29.8 Å². The van der Waals surface area contributed by atoms with Gasteiger partial charge in [-0.1, -0.05) is 28.1 Å². The van der Waals surface area contributed by atoms with Gasteiger partial charge in [0.15, 0.2) is 0 Å². The molecule has 27 heavy (non-hydrogen) atoms. The maximum Gasteiger partial charge on any atom is 0.337 e. The number of ether oxygens (including phenoxy) is 2. The van der Waals surface area contributed by atoms with Crippen LogP contribution in [0.25, 0.3) is 0 Å².